The van der Waals surface area contributed by atoms with Gasteiger partial charge >= 0.3 is 24.9 Å². The first-order valence-corrected chi connectivity index (χ1v) is 23.4. The van der Waals surface area contributed by atoms with E-state index in [0.29, 0.717) is 64.2 Å². The third kappa shape index (κ3) is 8.78. The standard InChI is InChI=1S/C45H73BNO15/c1-24(2)36(47)39(50)54-27(5)30-16-12-11-13-17-32(48)42(7,8)34-21-19-26(4)45(57-34)38-41(52)56-31-23-29(53-28(31)6)15-14-18-33(49)43(9,10)35-22-20-25(3)44(58-35)37(40(51)55-30)59-46(60-38,61-44)62-45/h11-12,24-38,48-49H,13-23,47H2,1-10H3/q-1/p+1/b12-11-/t25-,26-,27-,28-,29-,30+,31+,32+,33-,34+,35+,36-,37+,38+,44+,45+,46?/m1/s1. The number of cyclic esters (lactones) is 1. The van der Waals surface area contributed by atoms with Crippen molar-refractivity contribution < 1.29 is 77.4 Å². The van der Waals surface area contributed by atoms with Gasteiger partial charge in [0.2, 0.25) is 0 Å². The van der Waals surface area contributed by atoms with Gasteiger partial charge < -0.3 is 63.0 Å². The molecule has 7 aliphatic rings. The number of allylic oxidation sites excluding steroid dienone is 1. The lowest BCUT2D eigenvalue weighted by Gasteiger charge is -2.52. The van der Waals surface area contributed by atoms with Crippen molar-refractivity contribution in [3.63, 3.8) is 0 Å². The van der Waals surface area contributed by atoms with E-state index in [1.165, 1.54) is 0 Å². The molecule has 0 aliphatic carbocycles. The molecule has 6 saturated heterocycles. The number of ether oxygens (including phenoxy) is 6. The van der Waals surface area contributed by atoms with Crippen LogP contribution < -0.4 is 5.73 Å². The summed E-state index contributed by atoms with van der Waals surface area (Å²) in [6.45, 7) is 15.3. The van der Waals surface area contributed by atoms with Crippen molar-refractivity contribution in [3.05, 3.63) is 12.2 Å². The quantitative estimate of drug-likeness (QED) is 0.157. The summed E-state index contributed by atoms with van der Waals surface area (Å²) in [6.07, 6.45) is -0.138. The van der Waals surface area contributed by atoms with Gasteiger partial charge in [0, 0.05) is 41.4 Å². The van der Waals surface area contributed by atoms with Crippen LogP contribution in [-0.4, -0.2) is 120 Å². The van der Waals surface area contributed by atoms with E-state index < -0.39 is 126 Å². The van der Waals surface area contributed by atoms with E-state index >= 15 is 4.79 Å². The molecule has 17 atom stereocenters. The largest absolute Gasteiger partial charge is 0.536 e. The first-order valence-electron chi connectivity index (χ1n) is 23.4. The smallest absolute Gasteiger partial charge is 0.504 e. The maximum atomic E-state index is 15.0. The van der Waals surface area contributed by atoms with Crippen molar-refractivity contribution in [2.24, 2.45) is 28.6 Å². The number of hydrogen-bond acceptors (Lipinski definition) is 15. The average molecular weight is 880 g/mol. The summed E-state index contributed by atoms with van der Waals surface area (Å²) in [5, 5.41) is 23.6. The van der Waals surface area contributed by atoms with Gasteiger partial charge in [-0.25, -0.2) is 14.4 Å². The number of esters is 3. The van der Waals surface area contributed by atoms with Gasteiger partial charge in [-0.05, 0) is 71.6 Å². The molecular formula is C45H74BNO15. The lowest BCUT2D eigenvalue weighted by Crippen LogP contribution is -2.68. The van der Waals surface area contributed by atoms with Gasteiger partial charge in [-0.1, -0.05) is 67.5 Å². The Morgan fingerprint density at radius 3 is 1.90 bits per heavy atom. The second kappa shape index (κ2) is 17.9. The zero-order chi connectivity index (χ0) is 45.2. The van der Waals surface area contributed by atoms with Crippen LogP contribution in [0.25, 0.3) is 0 Å². The molecule has 6 fully saturated rings. The molecule has 16 nitrogen and oxygen atoms in total. The van der Waals surface area contributed by atoms with Crippen molar-refractivity contribution in [2.45, 2.75) is 225 Å². The highest BCUT2D eigenvalue weighted by atomic mass is 17.0. The van der Waals surface area contributed by atoms with Gasteiger partial charge in [-0.15, -0.1) is 0 Å². The fourth-order valence-electron chi connectivity index (χ4n) is 10.6. The zero-order valence-corrected chi connectivity index (χ0v) is 38.6. The minimum absolute atomic E-state index is 0.0893. The van der Waals surface area contributed by atoms with Crippen LogP contribution in [-0.2, 0) is 61.4 Å². The summed E-state index contributed by atoms with van der Waals surface area (Å²) in [7, 11) is 0. The summed E-state index contributed by atoms with van der Waals surface area (Å²) in [5.41, 5.74) is 2.31. The maximum absolute atomic E-state index is 15.0. The summed E-state index contributed by atoms with van der Waals surface area (Å²) in [4.78, 5) is 43.0. The number of quaternary nitrogens is 1. The Balaban J connectivity index is 1.36. The van der Waals surface area contributed by atoms with Crippen molar-refractivity contribution >= 4 is 24.9 Å². The van der Waals surface area contributed by atoms with Crippen molar-refractivity contribution in [2.75, 3.05) is 0 Å². The van der Waals surface area contributed by atoms with Gasteiger partial charge in [0.25, 0.3) is 0 Å². The summed E-state index contributed by atoms with van der Waals surface area (Å²) >= 11 is 0. The topological polar surface area (TPSA) is 212 Å². The van der Waals surface area contributed by atoms with E-state index in [2.05, 4.69) is 5.73 Å². The van der Waals surface area contributed by atoms with Crippen molar-refractivity contribution in [1.29, 1.82) is 0 Å². The zero-order valence-electron chi connectivity index (χ0n) is 38.6. The Bertz CT molecular complexity index is 1680. The predicted octanol–water partition coefficient (Wildman–Crippen LogP) is 4.17. The van der Waals surface area contributed by atoms with E-state index in [1.807, 2.05) is 74.5 Å². The fourth-order valence-corrected chi connectivity index (χ4v) is 10.6. The van der Waals surface area contributed by atoms with Crippen LogP contribution in [0.5, 0.6) is 0 Å². The van der Waals surface area contributed by atoms with E-state index in [-0.39, 0.29) is 18.4 Å². The van der Waals surface area contributed by atoms with Gasteiger partial charge in [-0.3, -0.25) is 0 Å². The summed E-state index contributed by atoms with van der Waals surface area (Å²) in [5.74, 6) is -7.04. The van der Waals surface area contributed by atoms with Gasteiger partial charge in [0.1, 0.15) is 18.3 Å². The molecule has 352 valence electrons. The monoisotopic (exact) mass is 880 g/mol. The third-order valence-corrected chi connectivity index (χ3v) is 15.6. The third-order valence-electron chi connectivity index (χ3n) is 15.6. The number of aliphatic hydroxyl groups is 2. The molecular weight excluding hydrogens is 805 g/mol. The normalized spacial score (nSPS) is 46.3. The average Bonchev–Trinajstić information content (AvgIpc) is 3.84. The molecule has 7 rings (SSSR count). The number of carbonyl (C=O) groups excluding carboxylic acids is 3. The first kappa shape index (κ1) is 47.8. The van der Waals surface area contributed by atoms with Crippen LogP contribution in [0.3, 0.4) is 0 Å². The second-order valence-electron chi connectivity index (χ2n) is 21.0. The highest BCUT2D eigenvalue weighted by Gasteiger charge is 2.73. The summed E-state index contributed by atoms with van der Waals surface area (Å²) < 4.78 is 66.1. The number of hydrogen-bond donors (Lipinski definition) is 3. The van der Waals surface area contributed by atoms with Crippen molar-refractivity contribution in [1.82, 2.24) is 0 Å². The molecule has 0 amide bonds. The Hall–Kier alpha value is -2.19. The molecule has 17 heteroatoms. The molecule has 1 unspecified atom stereocenters. The molecule has 3 spiro atoms. The Labute approximate surface area is 366 Å². The van der Waals surface area contributed by atoms with Crippen molar-refractivity contribution in [3.8, 4) is 0 Å². The molecule has 0 aromatic heterocycles. The molecule has 0 saturated carbocycles. The van der Waals surface area contributed by atoms with E-state index in [0.717, 1.165) is 0 Å². The molecule has 0 radical (unpaired) electrons. The number of aliphatic hydroxyl groups excluding tert-OH is 2. The van der Waals surface area contributed by atoms with Gasteiger partial charge in [0.05, 0.1) is 36.6 Å². The van der Waals surface area contributed by atoms with E-state index in [4.69, 9.17) is 47.0 Å². The minimum atomic E-state index is -3.52. The molecule has 5 N–H and O–H groups in total. The summed E-state index contributed by atoms with van der Waals surface area (Å²) in [6, 6.07) is -0.652. The minimum Gasteiger partial charge on any atom is -0.504 e. The highest BCUT2D eigenvalue weighted by Crippen LogP contribution is 2.57. The molecule has 62 heavy (non-hydrogen) atoms. The van der Waals surface area contributed by atoms with Crippen LogP contribution in [0.15, 0.2) is 12.2 Å². The predicted molar refractivity (Wildman–Crippen MR) is 222 cm³/mol. The molecule has 0 aromatic rings. The van der Waals surface area contributed by atoms with E-state index in [9.17, 15) is 19.8 Å². The molecule has 7 heterocycles. The first-order chi connectivity index (χ1) is 29.0. The Kier molecular flexibility index (Phi) is 13.8. The van der Waals surface area contributed by atoms with Crippen LogP contribution in [0, 0.1) is 28.6 Å². The van der Waals surface area contributed by atoms with Crippen LogP contribution >= 0.6 is 0 Å². The lowest BCUT2D eigenvalue weighted by molar-refractivity contribution is -0.419. The number of fused-ring (bicyclic) bond motifs is 6. The van der Waals surface area contributed by atoms with Crippen LogP contribution in [0.4, 0.5) is 0 Å². The highest BCUT2D eigenvalue weighted by molar-refractivity contribution is 6.56. The van der Waals surface area contributed by atoms with Gasteiger partial charge in [-0.2, -0.15) is 0 Å². The molecule has 0 aromatic carbocycles. The lowest BCUT2D eigenvalue weighted by atomic mass is 9.73. The van der Waals surface area contributed by atoms with Gasteiger partial charge in [0.15, 0.2) is 29.8 Å². The Morgan fingerprint density at radius 1 is 0.790 bits per heavy atom. The second-order valence-corrected chi connectivity index (χ2v) is 21.0. The fraction of sp³-hybridized carbons (Fsp3) is 0.889. The van der Waals surface area contributed by atoms with E-state index in [1.54, 1.807) is 6.92 Å². The maximum Gasteiger partial charge on any atom is 0.536 e. The van der Waals surface area contributed by atoms with Crippen LogP contribution in [0.1, 0.15) is 140 Å². The molecule has 7 aliphatic heterocycles. The SMILES string of the molecule is CC(C)[C@@H]([NH3+])C(=O)O[C@H](C)[C@@H]1C/C=C\CC[C@H](O)C(C)(C)[C@@H]2CC[C@@H](C)[C@]3(O2)O[B-]24O[C@@H](C(=O)O1)[C@@]1(O[C@@H](CC[C@H]1C)C(C)(C)[C@H](O)CCC[C@@H]1C[C@H](OC(=O)[C@@H]3O2)[C@@H](C)O1)O4. The number of carbonyl (C=O) groups is 3. The Morgan fingerprint density at radius 2 is 1.34 bits per heavy atom. The number of rotatable bonds is 4. The van der Waals surface area contributed by atoms with Crippen LogP contribution in [0.2, 0.25) is 0 Å². The molecule has 9 bridgehead atoms.